The maximum Gasteiger partial charge on any atom is 0.168 e. The van der Waals surface area contributed by atoms with Gasteiger partial charge in [-0.1, -0.05) is 20.3 Å². The fourth-order valence-electron chi connectivity index (χ4n) is 1.47. The highest BCUT2D eigenvalue weighted by Crippen LogP contribution is 2.15. The number of Topliss-reactive ketones (excluding diaryl/α,β-unsaturated/α-hetero) is 1. The van der Waals surface area contributed by atoms with Crippen LogP contribution in [0.25, 0.3) is 0 Å². The van der Waals surface area contributed by atoms with E-state index in [0.29, 0.717) is 23.7 Å². The summed E-state index contributed by atoms with van der Waals surface area (Å²) < 4.78 is 1.52. The summed E-state index contributed by atoms with van der Waals surface area (Å²) in [5.41, 5.74) is 6.27. The van der Waals surface area contributed by atoms with Gasteiger partial charge in [-0.2, -0.15) is 5.10 Å². The summed E-state index contributed by atoms with van der Waals surface area (Å²) >= 11 is 0. The molecule has 4 heteroatoms. The Bertz CT molecular complexity index is 342. The van der Waals surface area contributed by atoms with Crippen molar-refractivity contribution >= 4 is 11.6 Å². The molecule has 0 atom stereocenters. The number of nitrogens with two attached hydrogens (primary N) is 1. The molecule has 0 aliphatic rings. The van der Waals surface area contributed by atoms with Crippen LogP contribution in [0.1, 0.15) is 43.5 Å². The van der Waals surface area contributed by atoms with Gasteiger partial charge in [0.1, 0.15) is 5.82 Å². The first-order chi connectivity index (χ1) is 7.02. The van der Waals surface area contributed by atoms with E-state index < -0.39 is 0 Å². The molecule has 0 saturated carbocycles. The van der Waals surface area contributed by atoms with Gasteiger partial charge in [-0.25, -0.2) is 0 Å². The van der Waals surface area contributed by atoms with Crippen LogP contribution in [0.3, 0.4) is 0 Å². The minimum Gasteiger partial charge on any atom is -0.383 e. The topological polar surface area (TPSA) is 60.9 Å². The van der Waals surface area contributed by atoms with Crippen LogP contribution in [-0.2, 0) is 7.05 Å². The fourth-order valence-corrected chi connectivity index (χ4v) is 1.47. The monoisotopic (exact) mass is 209 g/mol. The van der Waals surface area contributed by atoms with Crippen molar-refractivity contribution in [3.05, 3.63) is 11.8 Å². The van der Waals surface area contributed by atoms with Crippen molar-refractivity contribution in [1.29, 1.82) is 0 Å². The molecular formula is C11H19N3O. The van der Waals surface area contributed by atoms with Gasteiger partial charge in [-0.3, -0.25) is 9.48 Å². The number of hydrogen-bond acceptors (Lipinski definition) is 3. The Morgan fingerprint density at radius 3 is 2.73 bits per heavy atom. The van der Waals surface area contributed by atoms with E-state index in [2.05, 4.69) is 18.9 Å². The lowest BCUT2D eigenvalue weighted by atomic mass is 10.0. The summed E-state index contributed by atoms with van der Waals surface area (Å²) in [6.07, 6.45) is 4.11. The van der Waals surface area contributed by atoms with E-state index in [4.69, 9.17) is 5.73 Å². The van der Waals surface area contributed by atoms with Gasteiger partial charge in [0, 0.05) is 13.5 Å². The number of nitrogens with zero attached hydrogens (tertiary/aromatic N) is 2. The number of anilines is 1. The number of hydrogen-bond donors (Lipinski definition) is 1. The molecule has 0 unspecified atom stereocenters. The molecule has 0 radical (unpaired) electrons. The van der Waals surface area contributed by atoms with Crippen molar-refractivity contribution < 1.29 is 4.79 Å². The average Bonchev–Trinajstić information content (AvgIpc) is 2.47. The van der Waals surface area contributed by atoms with E-state index in [-0.39, 0.29) is 5.78 Å². The Hall–Kier alpha value is -1.32. The Balaban J connectivity index is 2.51. The van der Waals surface area contributed by atoms with Gasteiger partial charge in [-0.15, -0.1) is 0 Å². The first kappa shape index (κ1) is 11.8. The van der Waals surface area contributed by atoms with Crippen LogP contribution in [0.4, 0.5) is 5.82 Å². The molecule has 84 valence electrons. The number of rotatable bonds is 5. The highest BCUT2D eigenvalue weighted by molar-refractivity contribution is 5.99. The molecule has 1 rings (SSSR count). The Kier molecular flexibility index (Phi) is 3.88. The number of ketones is 1. The fraction of sp³-hybridized carbons (Fsp3) is 0.636. The van der Waals surface area contributed by atoms with Gasteiger partial charge in [0.25, 0.3) is 0 Å². The summed E-state index contributed by atoms with van der Waals surface area (Å²) in [4.78, 5) is 11.7. The predicted molar refractivity (Wildman–Crippen MR) is 60.6 cm³/mol. The SMILES string of the molecule is CC(C)CCCC(=O)c1cnn(C)c1N. The highest BCUT2D eigenvalue weighted by Gasteiger charge is 2.13. The number of aryl methyl sites for hydroxylation is 1. The lowest BCUT2D eigenvalue weighted by Gasteiger charge is -2.03. The first-order valence-electron chi connectivity index (χ1n) is 5.33. The molecule has 0 spiro atoms. The second kappa shape index (κ2) is 4.96. The van der Waals surface area contributed by atoms with E-state index in [9.17, 15) is 4.79 Å². The van der Waals surface area contributed by atoms with Gasteiger partial charge in [0.05, 0.1) is 11.8 Å². The van der Waals surface area contributed by atoms with Crippen molar-refractivity contribution in [3.8, 4) is 0 Å². The molecule has 0 aliphatic heterocycles. The summed E-state index contributed by atoms with van der Waals surface area (Å²) in [6.45, 7) is 4.31. The van der Waals surface area contributed by atoms with Crippen molar-refractivity contribution in [3.63, 3.8) is 0 Å². The molecule has 1 heterocycles. The zero-order valence-corrected chi connectivity index (χ0v) is 9.66. The number of carbonyl (C=O) groups excluding carboxylic acids is 1. The largest absolute Gasteiger partial charge is 0.383 e. The lowest BCUT2D eigenvalue weighted by molar-refractivity contribution is 0.0979. The summed E-state index contributed by atoms with van der Waals surface area (Å²) in [7, 11) is 1.74. The second-order valence-corrected chi connectivity index (χ2v) is 4.28. The van der Waals surface area contributed by atoms with Crippen LogP contribution >= 0.6 is 0 Å². The molecule has 0 amide bonds. The maximum absolute atomic E-state index is 11.7. The average molecular weight is 209 g/mol. The smallest absolute Gasteiger partial charge is 0.168 e. The van der Waals surface area contributed by atoms with Crippen LogP contribution in [-0.4, -0.2) is 15.6 Å². The predicted octanol–water partition coefficient (Wildman–Crippen LogP) is 2.01. The minimum absolute atomic E-state index is 0.0984. The van der Waals surface area contributed by atoms with Crippen molar-refractivity contribution in [2.45, 2.75) is 33.1 Å². The molecule has 15 heavy (non-hydrogen) atoms. The van der Waals surface area contributed by atoms with E-state index >= 15 is 0 Å². The highest BCUT2D eigenvalue weighted by atomic mass is 16.1. The van der Waals surface area contributed by atoms with Crippen LogP contribution < -0.4 is 5.73 Å². The van der Waals surface area contributed by atoms with Gasteiger partial charge >= 0.3 is 0 Å². The van der Waals surface area contributed by atoms with Crippen LogP contribution in [0.5, 0.6) is 0 Å². The normalized spacial score (nSPS) is 10.9. The third kappa shape index (κ3) is 3.08. The summed E-state index contributed by atoms with van der Waals surface area (Å²) in [5, 5.41) is 3.95. The zero-order valence-electron chi connectivity index (χ0n) is 9.66. The van der Waals surface area contributed by atoms with E-state index in [1.54, 1.807) is 13.2 Å². The third-order valence-electron chi connectivity index (χ3n) is 2.47. The van der Waals surface area contributed by atoms with Gasteiger partial charge in [-0.05, 0) is 12.3 Å². The molecule has 1 aromatic heterocycles. The molecule has 2 N–H and O–H groups in total. The van der Waals surface area contributed by atoms with Gasteiger partial charge in [0.15, 0.2) is 5.78 Å². The molecule has 0 saturated heterocycles. The molecule has 1 aromatic rings. The van der Waals surface area contributed by atoms with Crippen LogP contribution in [0.2, 0.25) is 0 Å². The van der Waals surface area contributed by atoms with Gasteiger partial charge < -0.3 is 5.73 Å². The van der Waals surface area contributed by atoms with Crippen LogP contribution in [0, 0.1) is 5.92 Å². The maximum atomic E-state index is 11.7. The minimum atomic E-state index is 0.0984. The molecule has 0 aliphatic carbocycles. The first-order valence-corrected chi connectivity index (χ1v) is 5.33. The van der Waals surface area contributed by atoms with Gasteiger partial charge in [0.2, 0.25) is 0 Å². The third-order valence-corrected chi connectivity index (χ3v) is 2.47. The zero-order chi connectivity index (χ0) is 11.4. The quantitative estimate of drug-likeness (QED) is 0.754. The lowest BCUT2D eigenvalue weighted by Crippen LogP contribution is -2.05. The standard InChI is InChI=1S/C11H19N3O/c1-8(2)5-4-6-10(15)9-7-13-14(3)11(9)12/h7-8H,4-6,12H2,1-3H3. The summed E-state index contributed by atoms with van der Waals surface area (Å²) in [5.74, 6) is 1.20. The van der Waals surface area contributed by atoms with Crippen molar-refractivity contribution in [2.75, 3.05) is 5.73 Å². The van der Waals surface area contributed by atoms with Crippen molar-refractivity contribution in [2.24, 2.45) is 13.0 Å². The number of nitrogen functional groups attached to an aromatic ring is 1. The molecule has 0 fully saturated rings. The molecule has 4 nitrogen and oxygen atoms in total. The molecule has 0 bridgehead atoms. The molecular weight excluding hydrogens is 190 g/mol. The van der Waals surface area contributed by atoms with E-state index in [0.717, 1.165) is 12.8 Å². The molecule has 0 aromatic carbocycles. The Morgan fingerprint density at radius 1 is 1.60 bits per heavy atom. The number of aromatic nitrogens is 2. The Morgan fingerprint density at radius 2 is 2.27 bits per heavy atom. The van der Waals surface area contributed by atoms with Crippen LogP contribution in [0.15, 0.2) is 6.20 Å². The van der Waals surface area contributed by atoms with E-state index in [1.807, 2.05) is 0 Å². The van der Waals surface area contributed by atoms with E-state index in [1.165, 1.54) is 4.68 Å². The summed E-state index contributed by atoms with van der Waals surface area (Å²) in [6, 6.07) is 0. The Labute approximate surface area is 90.5 Å². The van der Waals surface area contributed by atoms with Crippen molar-refractivity contribution in [1.82, 2.24) is 9.78 Å². The second-order valence-electron chi connectivity index (χ2n) is 4.28. The number of carbonyl (C=O) groups is 1.